The Bertz CT molecular complexity index is 357. The van der Waals surface area contributed by atoms with Crippen LogP contribution in [0.2, 0.25) is 0 Å². The number of carbonyl (C=O) groups is 1. The Labute approximate surface area is 74.6 Å². The van der Waals surface area contributed by atoms with Gasteiger partial charge in [-0.05, 0) is 12.1 Å². The van der Waals surface area contributed by atoms with Crippen molar-refractivity contribution in [3.63, 3.8) is 0 Å². The summed E-state index contributed by atoms with van der Waals surface area (Å²) < 4.78 is 0. The molecule has 0 atom stereocenters. The molecule has 2 N–H and O–H groups in total. The molecule has 1 aromatic rings. The number of anilines is 1. The summed E-state index contributed by atoms with van der Waals surface area (Å²) in [4.78, 5) is 13.9. The van der Waals surface area contributed by atoms with Crippen molar-refractivity contribution in [2.24, 2.45) is 0 Å². The fourth-order valence-electron chi connectivity index (χ4n) is 0.779. The lowest BCUT2D eigenvalue weighted by molar-refractivity contribution is -0.134. The lowest BCUT2D eigenvalue weighted by atomic mass is 10.3. The molecule has 0 spiro atoms. The minimum atomic E-state index is -0.949. The van der Waals surface area contributed by atoms with E-state index in [1.54, 1.807) is 6.07 Å². The topological polar surface area (TPSA) is 86.0 Å². The van der Waals surface area contributed by atoms with Crippen molar-refractivity contribution in [2.75, 3.05) is 11.9 Å². The summed E-state index contributed by atoms with van der Waals surface area (Å²) in [5.74, 6) is -0.949. The van der Waals surface area contributed by atoms with E-state index in [9.17, 15) is 4.79 Å². The average Bonchev–Trinajstić information content (AvgIpc) is 2.15. The molecule has 0 fully saturated rings. The number of carboxylic acids is 1. The summed E-state index contributed by atoms with van der Waals surface area (Å²) in [5.41, 5.74) is 0.837. The van der Waals surface area contributed by atoms with Gasteiger partial charge in [-0.15, -0.1) is 0 Å². The highest BCUT2D eigenvalue weighted by Gasteiger charge is 1.98. The molecule has 0 aliphatic rings. The Morgan fingerprint density at radius 1 is 1.77 bits per heavy atom. The summed E-state index contributed by atoms with van der Waals surface area (Å²) in [5, 5.41) is 19.5. The molecule has 1 aromatic heterocycles. The van der Waals surface area contributed by atoms with Crippen LogP contribution in [0.5, 0.6) is 0 Å². The maximum absolute atomic E-state index is 10.2. The largest absolute Gasteiger partial charge is 0.480 e. The lowest BCUT2D eigenvalue weighted by Gasteiger charge is -2.01. The molecule has 0 aliphatic carbocycles. The molecule has 5 nitrogen and oxygen atoms in total. The van der Waals surface area contributed by atoms with E-state index in [0.29, 0.717) is 5.69 Å². The first-order valence-electron chi connectivity index (χ1n) is 3.54. The molecular formula is C8H7N3O2. The maximum atomic E-state index is 10.2. The van der Waals surface area contributed by atoms with E-state index in [1.807, 2.05) is 6.07 Å². The van der Waals surface area contributed by atoms with Gasteiger partial charge in [0.1, 0.15) is 18.3 Å². The predicted octanol–water partition coefficient (Wildman–Crippen LogP) is 0.450. The lowest BCUT2D eigenvalue weighted by Crippen LogP contribution is -2.12. The van der Waals surface area contributed by atoms with Gasteiger partial charge in [-0.25, -0.2) is 4.98 Å². The molecule has 1 heterocycles. The highest BCUT2D eigenvalue weighted by atomic mass is 16.4. The number of rotatable bonds is 3. The Hall–Kier alpha value is -2.09. The van der Waals surface area contributed by atoms with Gasteiger partial charge in [-0.2, -0.15) is 5.26 Å². The monoisotopic (exact) mass is 177 g/mol. The van der Waals surface area contributed by atoms with Gasteiger partial charge in [0, 0.05) is 11.9 Å². The molecule has 0 saturated heterocycles. The van der Waals surface area contributed by atoms with Crippen LogP contribution in [-0.4, -0.2) is 22.6 Å². The normalized spacial score (nSPS) is 8.85. The van der Waals surface area contributed by atoms with Crippen LogP contribution >= 0.6 is 0 Å². The molecule has 0 amide bonds. The van der Waals surface area contributed by atoms with Gasteiger partial charge in [0.05, 0.1) is 0 Å². The summed E-state index contributed by atoms with van der Waals surface area (Å²) in [7, 11) is 0. The van der Waals surface area contributed by atoms with Crippen molar-refractivity contribution in [1.29, 1.82) is 5.26 Å². The molecule has 13 heavy (non-hydrogen) atoms. The number of carboxylic acid groups (broad SMARTS) is 1. The van der Waals surface area contributed by atoms with Crippen LogP contribution in [0.3, 0.4) is 0 Å². The second-order valence-electron chi connectivity index (χ2n) is 2.29. The van der Waals surface area contributed by atoms with E-state index in [-0.39, 0.29) is 12.2 Å². The third kappa shape index (κ3) is 2.79. The zero-order valence-electron chi connectivity index (χ0n) is 6.69. The van der Waals surface area contributed by atoms with Gasteiger partial charge in [-0.3, -0.25) is 4.79 Å². The Morgan fingerprint density at radius 3 is 3.15 bits per heavy atom. The fraction of sp³-hybridized carbons (Fsp3) is 0.125. The number of aromatic nitrogens is 1. The first-order valence-corrected chi connectivity index (χ1v) is 3.54. The van der Waals surface area contributed by atoms with E-state index in [2.05, 4.69) is 10.3 Å². The molecule has 0 aliphatic heterocycles. The van der Waals surface area contributed by atoms with Crippen LogP contribution in [0.25, 0.3) is 0 Å². The van der Waals surface area contributed by atoms with Crippen molar-refractivity contribution in [3.05, 3.63) is 24.0 Å². The third-order valence-corrected chi connectivity index (χ3v) is 1.32. The van der Waals surface area contributed by atoms with Crippen LogP contribution < -0.4 is 5.32 Å². The number of hydrogen-bond acceptors (Lipinski definition) is 4. The minimum Gasteiger partial charge on any atom is -0.480 e. The first kappa shape index (κ1) is 9.00. The molecule has 1 rings (SSSR count). The SMILES string of the molecule is N#Cc1cc(NCC(=O)O)ccn1. The average molecular weight is 177 g/mol. The Morgan fingerprint density at radius 2 is 2.54 bits per heavy atom. The third-order valence-electron chi connectivity index (χ3n) is 1.32. The van der Waals surface area contributed by atoms with Crippen molar-refractivity contribution in [1.82, 2.24) is 4.98 Å². The minimum absolute atomic E-state index is 0.172. The highest BCUT2D eigenvalue weighted by molar-refractivity contribution is 5.72. The van der Waals surface area contributed by atoms with Crippen molar-refractivity contribution in [3.8, 4) is 6.07 Å². The fourth-order valence-corrected chi connectivity index (χ4v) is 0.779. The molecule has 0 aromatic carbocycles. The second kappa shape index (κ2) is 4.07. The van der Waals surface area contributed by atoms with E-state index >= 15 is 0 Å². The Balaban J connectivity index is 2.68. The van der Waals surface area contributed by atoms with E-state index < -0.39 is 5.97 Å². The standard InChI is InChI=1S/C8H7N3O2/c9-4-7-3-6(1-2-10-7)11-5-8(12)13/h1-3H,5H2,(H,10,11)(H,12,13). The van der Waals surface area contributed by atoms with Crippen LogP contribution in [0.4, 0.5) is 5.69 Å². The van der Waals surface area contributed by atoms with Crippen molar-refractivity contribution in [2.45, 2.75) is 0 Å². The number of nitrogens with zero attached hydrogens (tertiary/aromatic N) is 2. The zero-order valence-corrected chi connectivity index (χ0v) is 6.69. The summed E-state index contributed by atoms with van der Waals surface area (Å²) in [6.45, 7) is -0.172. The quantitative estimate of drug-likeness (QED) is 0.700. The van der Waals surface area contributed by atoms with Crippen molar-refractivity contribution >= 4 is 11.7 Å². The number of nitriles is 1. The van der Waals surface area contributed by atoms with Gasteiger partial charge >= 0.3 is 5.97 Å². The van der Waals surface area contributed by atoms with Crippen LogP contribution in [0.15, 0.2) is 18.3 Å². The molecule has 0 saturated carbocycles. The van der Waals surface area contributed by atoms with E-state index in [0.717, 1.165) is 0 Å². The Kier molecular flexibility index (Phi) is 2.82. The summed E-state index contributed by atoms with van der Waals surface area (Å²) in [6.07, 6.45) is 1.45. The van der Waals surface area contributed by atoms with E-state index in [4.69, 9.17) is 10.4 Å². The summed E-state index contributed by atoms with van der Waals surface area (Å²) >= 11 is 0. The van der Waals surface area contributed by atoms with Gasteiger partial charge < -0.3 is 10.4 Å². The van der Waals surface area contributed by atoms with Gasteiger partial charge in [0.2, 0.25) is 0 Å². The van der Waals surface area contributed by atoms with E-state index in [1.165, 1.54) is 12.3 Å². The van der Waals surface area contributed by atoms with Gasteiger partial charge in [0.25, 0.3) is 0 Å². The predicted molar refractivity (Wildman–Crippen MR) is 45.1 cm³/mol. The number of aliphatic carboxylic acids is 1. The van der Waals surface area contributed by atoms with Gasteiger partial charge in [0.15, 0.2) is 0 Å². The molecule has 0 radical (unpaired) electrons. The number of pyridine rings is 1. The molecule has 66 valence electrons. The number of nitrogens with one attached hydrogen (secondary N) is 1. The van der Waals surface area contributed by atoms with Crippen molar-refractivity contribution < 1.29 is 9.90 Å². The highest BCUT2D eigenvalue weighted by Crippen LogP contribution is 2.05. The maximum Gasteiger partial charge on any atom is 0.322 e. The molecular weight excluding hydrogens is 170 g/mol. The van der Waals surface area contributed by atoms with Crippen LogP contribution in [0.1, 0.15) is 5.69 Å². The second-order valence-corrected chi connectivity index (χ2v) is 2.29. The zero-order chi connectivity index (χ0) is 9.68. The van der Waals surface area contributed by atoms with Gasteiger partial charge in [-0.1, -0.05) is 0 Å². The van der Waals surface area contributed by atoms with Crippen LogP contribution in [-0.2, 0) is 4.79 Å². The molecule has 0 unspecified atom stereocenters. The summed E-state index contributed by atoms with van der Waals surface area (Å²) in [6, 6.07) is 4.95. The first-order chi connectivity index (χ1) is 6.22. The molecule has 0 bridgehead atoms. The molecule has 5 heteroatoms. The smallest absolute Gasteiger partial charge is 0.322 e. The number of hydrogen-bond donors (Lipinski definition) is 2. The van der Waals surface area contributed by atoms with Crippen LogP contribution in [0, 0.1) is 11.3 Å².